The van der Waals surface area contributed by atoms with Gasteiger partial charge >= 0.3 is 0 Å². The van der Waals surface area contributed by atoms with Gasteiger partial charge in [-0.2, -0.15) is 0 Å². The molecule has 0 bridgehead atoms. The molecule has 0 unspecified atom stereocenters. The summed E-state index contributed by atoms with van der Waals surface area (Å²) in [6.07, 6.45) is 1.40. The molecule has 0 aromatic heterocycles. The van der Waals surface area contributed by atoms with Crippen molar-refractivity contribution in [2.24, 2.45) is 0 Å². The summed E-state index contributed by atoms with van der Waals surface area (Å²) in [6, 6.07) is 22.4. The molecule has 39 heavy (non-hydrogen) atoms. The van der Waals surface area contributed by atoms with Gasteiger partial charge in [0.2, 0.25) is 21.8 Å². The summed E-state index contributed by atoms with van der Waals surface area (Å²) in [6.45, 7) is 4.04. The number of ether oxygens (including phenoxy) is 1. The van der Waals surface area contributed by atoms with Crippen LogP contribution in [0, 0.1) is 0 Å². The molecule has 3 aromatic carbocycles. The molecule has 2 amide bonds. The van der Waals surface area contributed by atoms with E-state index < -0.39 is 28.5 Å². The number of sulfonamides is 1. The van der Waals surface area contributed by atoms with E-state index in [1.807, 2.05) is 37.3 Å². The summed E-state index contributed by atoms with van der Waals surface area (Å²) in [5.74, 6) is -0.236. The van der Waals surface area contributed by atoms with Gasteiger partial charge in [-0.1, -0.05) is 61.0 Å². The summed E-state index contributed by atoms with van der Waals surface area (Å²) in [5, 5.41) is 3.32. The van der Waals surface area contributed by atoms with E-state index in [0.29, 0.717) is 36.0 Å². The fraction of sp³-hybridized carbons (Fsp3) is 0.310. The first-order valence-corrected chi connectivity index (χ1v) is 14.9. The van der Waals surface area contributed by atoms with Crippen molar-refractivity contribution in [2.75, 3.05) is 23.7 Å². The number of hydrogen-bond donors (Lipinski definition) is 1. The number of carbonyl (C=O) groups is 2. The van der Waals surface area contributed by atoms with Crippen molar-refractivity contribution in [3.63, 3.8) is 0 Å². The van der Waals surface area contributed by atoms with Crippen LogP contribution in [0.25, 0.3) is 0 Å². The largest absolute Gasteiger partial charge is 0.489 e. The molecule has 0 heterocycles. The van der Waals surface area contributed by atoms with E-state index in [0.717, 1.165) is 21.7 Å². The molecule has 10 heteroatoms. The smallest absolute Gasteiger partial charge is 0.244 e. The van der Waals surface area contributed by atoms with E-state index in [-0.39, 0.29) is 12.5 Å². The Morgan fingerprint density at radius 1 is 0.923 bits per heavy atom. The predicted octanol–water partition coefficient (Wildman–Crippen LogP) is 4.63. The van der Waals surface area contributed by atoms with Gasteiger partial charge < -0.3 is 15.0 Å². The molecule has 3 aromatic rings. The van der Waals surface area contributed by atoms with E-state index >= 15 is 0 Å². The second-order valence-corrected chi connectivity index (χ2v) is 11.3. The van der Waals surface area contributed by atoms with Gasteiger partial charge in [-0.05, 0) is 60.9 Å². The van der Waals surface area contributed by atoms with Gasteiger partial charge in [0.15, 0.2) is 0 Å². The van der Waals surface area contributed by atoms with Crippen molar-refractivity contribution in [1.29, 1.82) is 0 Å². The molecule has 3 rings (SSSR count). The second-order valence-electron chi connectivity index (χ2n) is 9.00. The third kappa shape index (κ3) is 8.73. The fourth-order valence-electron chi connectivity index (χ4n) is 4.06. The molecule has 208 valence electrons. The number of anilines is 1. The van der Waals surface area contributed by atoms with E-state index in [2.05, 4.69) is 5.32 Å². The van der Waals surface area contributed by atoms with Crippen LogP contribution >= 0.6 is 11.6 Å². The Hall–Kier alpha value is -3.56. The Kier molecular flexibility index (Phi) is 10.8. The minimum atomic E-state index is -3.83. The number of hydrogen-bond acceptors (Lipinski definition) is 5. The average molecular weight is 572 g/mol. The molecule has 0 aliphatic heterocycles. The van der Waals surface area contributed by atoms with E-state index in [9.17, 15) is 18.0 Å². The average Bonchev–Trinajstić information content (AvgIpc) is 2.92. The van der Waals surface area contributed by atoms with Crippen LogP contribution in [0.1, 0.15) is 31.4 Å². The van der Waals surface area contributed by atoms with Crippen molar-refractivity contribution >= 4 is 39.1 Å². The maximum atomic E-state index is 13.7. The summed E-state index contributed by atoms with van der Waals surface area (Å²) < 4.78 is 32.4. The first kappa shape index (κ1) is 30.0. The molecule has 8 nitrogen and oxygen atoms in total. The normalized spacial score (nSPS) is 11.9. The first-order chi connectivity index (χ1) is 18.6. The minimum Gasteiger partial charge on any atom is -0.489 e. The number of benzene rings is 3. The van der Waals surface area contributed by atoms with Crippen LogP contribution in [0.15, 0.2) is 78.9 Å². The van der Waals surface area contributed by atoms with Gasteiger partial charge in [-0.15, -0.1) is 0 Å². The zero-order valence-corrected chi connectivity index (χ0v) is 23.9. The first-order valence-electron chi connectivity index (χ1n) is 12.7. The van der Waals surface area contributed by atoms with Crippen molar-refractivity contribution in [2.45, 2.75) is 39.5 Å². The quantitative estimate of drug-likeness (QED) is 0.323. The number of rotatable bonds is 13. The number of carbonyl (C=O) groups excluding carboxylic acids is 2. The van der Waals surface area contributed by atoms with Crippen LogP contribution in [0.5, 0.6) is 5.75 Å². The number of nitrogens with one attached hydrogen (secondary N) is 1. The summed E-state index contributed by atoms with van der Waals surface area (Å²) >= 11 is 6.01. The molecule has 0 spiro atoms. The molecule has 0 aliphatic rings. The van der Waals surface area contributed by atoms with Crippen LogP contribution in [-0.4, -0.2) is 50.5 Å². The molecule has 0 saturated carbocycles. The SMILES string of the molecule is CCNC(=O)[C@H](CC)N(Cc1ccc(Cl)cc1)C(=O)CN(c1ccc(OCc2ccccc2)cc1)S(C)(=O)=O. The minimum absolute atomic E-state index is 0.121. The third-order valence-electron chi connectivity index (χ3n) is 6.06. The number of halogens is 1. The lowest BCUT2D eigenvalue weighted by molar-refractivity contribution is -0.140. The van der Waals surface area contributed by atoms with Crippen molar-refractivity contribution in [1.82, 2.24) is 10.2 Å². The van der Waals surface area contributed by atoms with Crippen LogP contribution in [0.4, 0.5) is 5.69 Å². The van der Waals surface area contributed by atoms with Gasteiger partial charge in [0.05, 0.1) is 11.9 Å². The van der Waals surface area contributed by atoms with Crippen molar-refractivity contribution in [3.05, 3.63) is 95.0 Å². The van der Waals surface area contributed by atoms with Gasteiger partial charge in [-0.25, -0.2) is 8.42 Å². The maximum Gasteiger partial charge on any atom is 0.244 e. The zero-order chi connectivity index (χ0) is 28.4. The second kappa shape index (κ2) is 14.0. The van der Waals surface area contributed by atoms with Crippen molar-refractivity contribution < 1.29 is 22.7 Å². The van der Waals surface area contributed by atoms with Gasteiger partial charge in [-0.3, -0.25) is 13.9 Å². The Morgan fingerprint density at radius 2 is 1.56 bits per heavy atom. The Balaban J connectivity index is 1.83. The predicted molar refractivity (Wildman–Crippen MR) is 154 cm³/mol. The molecule has 0 radical (unpaired) electrons. The summed E-state index contributed by atoms with van der Waals surface area (Å²) in [7, 11) is -3.83. The lowest BCUT2D eigenvalue weighted by Gasteiger charge is -2.32. The van der Waals surface area contributed by atoms with Crippen LogP contribution in [-0.2, 0) is 32.8 Å². The molecule has 0 aliphatic carbocycles. The molecule has 0 fully saturated rings. The van der Waals surface area contributed by atoms with Crippen LogP contribution in [0.3, 0.4) is 0 Å². The van der Waals surface area contributed by atoms with E-state index in [1.54, 1.807) is 55.5 Å². The fourth-order valence-corrected chi connectivity index (χ4v) is 5.04. The van der Waals surface area contributed by atoms with Crippen molar-refractivity contribution in [3.8, 4) is 5.75 Å². The van der Waals surface area contributed by atoms with Crippen LogP contribution in [0.2, 0.25) is 5.02 Å². The monoisotopic (exact) mass is 571 g/mol. The lowest BCUT2D eigenvalue weighted by atomic mass is 10.1. The Bertz CT molecular complexity index is 1330. The van der Waals surface area contributed by atoms with E-state index in [1.165, 1.54) is 4.90 Å². The summed E-state index contributed by atoms with van der Waals surface area (Å²) in [4.78, 5) is 27.9. The topological polar surface area (TPSA) is 96.0 Å². The van der Waals surface area contributed by atoms with Crippen LogP contribution < -0.4 is 14.4 Å². The highest BCUT2D eigenvalue weighted by Crippen LogP contribution is 2.23. The maximum absolute atomic E-state index is 13.7. The summed E-state index contributed by atoms with van der Waals surface area (Å²) in [5.41, 5.74) is 2.08. The number of nitrogens with zero attached hydrogens (tertiary/aromatic N) is 2. The lowest BCUT2D eigenvalue weighted by Crippen LogP contribution is -2.52. The highest BCUT2D eigenvalue weighted by atomic mass is 35.5. The molecule has 1 atom stereocenters. The number of likely N-dealkylation sites (N-methyl/N-ethyl adjacent to an activating group) is 1. The highest BCUT2D eigenvalue weighted by Gasteiger charge is 2.31. The highest BCUT2D eigenvalue weighted by molar-refractivity contribution is 7.92. The van der Waals surface area contributed by atoms with Gasteiger partial charge in [0.1, 0.15) is 24.9 Å². The zero-order valence-electron chi connectivity index (χ0n) is 22.3. The Morgan fingerprint density at radius 3 is 2.13 bits per heavy atom. The Labute approximate surface area is 235 Å². The standard InChI is InChI=1S/C29H34ClN3O5S/c1-4-27(29(35)31-5-2)32(19-22-11-13-24(30)14-12-22)28(34)20-33(39(3,36)37)25-15-17-26(18-16-25)38-21-23-9-7-6-8-10-23/h6-18,27H,4-5,19-21H2,1-3H3,(H,31,35)/t27-/m0/s1. The number of amides is 2. The van der Waals surface area contributed by atoms with E-state index in [4.69, 9.17) is 16.3 Å². The molecule has 1 N–H and O–H groups in total. The van der Waals surface area contributed by atoms with Gasteiger partial charge in [0, 0.05) is 18.1 Å². The third-order valence-corrected chi connectivity index (χ3v) is 7.45. The molecular weight excluding hydrogens is 538 g/mol. The van der Waals surface area contributed by atoms with Gasteiger partial charge in [0.25, 0.3) is 0 Å². The molecule has 0 saturated heterocycles. The molecular formula is C29H34ClN3O5S.